The van der Waals surface area contributed by atoms with Gasteiger partial charge < -0.3 is 18.6 Å². The number of methoxy groups -OCH3 is 2. The maximum Gasteiger partial charge on any atom is 0.230 e. The van der Waals surface area contributed by atoms with E-state index in [-0.39, 0.29) is 0 Å². The van der Waals surface area contributed by atoms with E-state index in [2.05, 4.69) is 29.2 Å². The van der Waals surface area contributed by atoms with Crippen LogP contribution in [0.5, 0.6) is 11.5 Å². The first-order valence-electron chi connectivity index (χ1n) is 10.7. The molecule has 1 aliphatic heterocycles. The summed E-state index contributed by atoms with van der Waals surface area (Å²) in [6.45, 7) is 5.41. The molecule has 0 N–H and O–H groups in total. The van der Waals surface area contributed by atoms with Crippen LogP contribution >= 0.6 is 0 Å². The Hall–Kier alpha value is -2.83. The lowest BCUT2D eigenvalue weighted by Crippen LogP contribution is -2.36. The van der Waals surface area contributed by atoms with Gasteiger partial charge in [-0.2, -0.15) is 0 Å². The van der Waals surface area contributed by atoms with Crippen LogP contribution < -0.4 is 9.47 Å². The maximum atomic E-state index is 6.11. The number of hydrogen-bond donors (Lipinski definition) is 0. The molecule has 2 heterocycles. The van der Waals surface area contributed by atoms with Gasteiger partial charge in [0.15, 0.2) is 0 Å². The summed E-state index contributed by atoms with van der Waals surface area (Å²) in [5.74, 6) is 2.84. The van der Waals surface area contributed by atoms with Crippen LogP contribution in [-0.4, -0.2) is 43.3 Å². The Bertz CT molecular complexity index is 978. The Kier molecular flexibility index (Phi) is 6.89. The molecule has 0 amide bonds. The molecule has 6 nitrogen and oxygen atoms in total. The Labute approximate surface area is 183 Å². The van der Waals surface area contributed by atoms with E-state index in [1.54, 1.807) is 14.2 Å². The number of likely N-dealkylation sites (tertiary alicyclic amines) is 1. The summed E-state index contributed by atoms with van der Waals surface area (Å²) in [6.07, 6.45) is 2.38. The van der Waals surface area contributed by atoms with Crippen molar-refractivity contribution in [1.82, 2.24) is 9.88 Å². The van der Waals surface area contributed by atoms with Gasteiger partial charge in [0, 0.05) is 25.7 Å². The van der Waals surface area contributed by atoms with E-state index in [1.165, 1.54) is 5.56 Å². The molecule has 0 unspecified atom stereocenters. The van der Waals surface area contributed by atoms with Gasteiger partial charge in [0.2, 0.25) is 5.89 Å². The van der Waals surface area contributed by atoms with Gasteiger partial charge in [-0.3, -0.25) is 4.90 Å². The zero-order valence-electron chi connectivity index (χ0n) is 18.5. The number of nitrogens with zero attached hydrogens (tertiary/aromatic N) is 2. The molecule has 0 saturated carbocycles. The van der Waals surface area contributed by atoms with Crippen LogP contribution in [0.3, 0.4) is 0 Å². The van der Waals surface area contributed by atoms with Gasteiger partial charge in [0.05, 0.1) is 38.2 Å². The van der Waals surface area contributed by atoms with Crippen LogP contribution in [-0.2, 0) is 17.9 Å². The second-order valence-corrected chi connectivity index (χ2v) is 7.86. The second-order valence-electron chi connectivity index (χ2n) is 7.86. The zero-order chi connectivity index (χ0) is 21.6. The van der Waals surface area contributed by atoms with Crippen LogP contribution in [0, 0.1) is 6.92 Å². The third kappa shape index (κ3) is 5.27. The Morgan fingerprint density at radius 2 is 1.81 bits per heavy atom. The number of hydrogen-bond acceptors (Lipinski definition) is 6. The van der Waals surface area contributed by atoms with Crippen LogP contribution in [0.2, 0.25) is 0 Å². The average Bonchev–Trinajstić information content (AvgIpc) is 3.18. The minimum Gasteiger partial charge on any atom is -0.497 e. The average molecular weight is 423 g/mol. The number of rotatable bonds is 8. The second kappa shape index (κ2) is 9.98. The van der Waals surface area contributed by atoms with Crippen LogP contribution in [0.4, 0.5) is 0 Å². The molecule has 31 heavy (non-hydrogen) atoms. The van der Waals surface area contributed by atoms with Crippen LogP contribution in [0.1, 0.15) is 29.9 Å². The fourth-order valence-electron chi connectivity index (χ4n) is 3.90. The third-order valence-electron chi connectivity index (χ3n) is 5.77. The molecule has 3 aromatic rings. The highest BCUT2D eigenvalue weighted by atomic mass is 16.5. The van der Waals surface area contributed by atoms with Crippen molar-refractivity contribution in [2.45, 2.75) is 39.0 Å². The first kappa shape index (κ1) is 21.4. The molecule has 1 fully saturated rings. The minimum atomic E-state index is 0.314. The van der Waals surface area contributed by atoms with E-state index in [1.807, 2.05) is 31.2 Å². The lowest BCUT2D eigenvalue weighted by atomic mass is 10.1. The number of benzene rings is 2. The van der Waals surface area contributed by atoms with Gasteiger partial charge in [0.1, 0.15) is 17.3 Å². The van der Waals surface area contributed by atoms with Crippen molar-refractivity contribution in [1.29, 1.82) is 0 Å². The van der Waals surface area contributed by atoms with Gasteiger partial charge >= 0.3 is 0 Å². The highest BCUT2D eigenvalue weighted by Gasteiger charge is 2.23. The van der Waals surface area contributed by atoms with E-state index in [0.717, 1.165) is 55.2 Å². The summed E-state index contributed by atoms with van der Waals surface area (Å²) < 4.78 is 22.9. The Balaban J connectivity index is 1.34. The minimum absolute atomic E-state index is 0.314. The number of oxazole rings is 1. The van der Waals surface area contributed by atoms with E-state index in [9.17, 15) is 0 Å². The SMILES string of the molecule is COc1ccc(-c2nc(CN3CCC(OCc4ccccc4)CC3)c(C)o2)c(OC)c1. The molecular weight excluding hydrogens is 392 g/mol. The van der Waals surface area contributed by atoms with Crippen molar-refractivity contribution in [3.63, 3.8) is 0 Å². The predicted molar refractivity (Wildman–Crippen MR) is 119 cm³/mol. The van der Waals surface area contributed by atoms with Gasteiger partial charge in [-0.05, 0) is 37.5 Å². The van der Waals surface area contributed by atoms with Gasteiger partial charge in [-0.15, -0.1) is 0 Å². The molecule has 0 spiro atoms. The normalized spacial score (nSPS) is 15.2. The van der Waals surface area contributed by atoms with Crippen molar-refractivity contribution >= 4 is 0 Å². The molecule has 2 aromatic carbocycles. The van der Waals surface area contributed by atoms with Crippen molar-refractivity contribution < 1.29 is 18.6 Å². The van der Waals surface area contributed by atoms with E-state index in [4.69, 9.17) is 23.6 Å². The Morgan fingerprint density at radius 1 is 1.03 bits per heavy atom. The lowest BCUT2D eigenvalue weighted by Gasteiger charge is -2.31. The molecule has 0 bridgehead atoms. The molecule has 0 radical (unpaired) electrons. The summed E-state index contributed by atoms with van der Waals surface area (Å²) in [4.78, 5) is 7.19. The summed E-state index contributed by atoms with van der Waals surface area (Å²) in [7, 11) is 3.27. The predicted octanol–water partition coefficient (Wildman–Crippen LogP) is 4.85. The van der Waals surface area contributed by atoms with E-state index < -0.39 is 0 Å². The highest BCUT2D eigenvalue weighted by molar-refractivity contribution is 5.65. The van der Waals surface area contributed by atoms with Gasteiger partial charge in [-0.25, -0.2) is 4.98 Å². The molecule has 6 heteroatoms. The molecule has 0 aliphatic carbocycles. The summed E-state index contributed by atoms with van der Waals surface area (Å²) >= 11 is 0. The van der Waals surface area contributed by atoms with Crippen LogP contribution in [0.15, 0.2) is 52.9 Å². The molecule has 1 aromatic heterocycles. The number of aromatic nitrogens is 1. The highest BCUT2D eigenvalue weighted by Crippen LogP contribution is 2.34. The molecule has 1 aliphatic rings. The lowest BCUT2D eigenvalue weighted by molar-refractivity contribution is -0.00418. The molecule has 0 atom stereocenters. The fourth-order valence-corrected chi connectivity index (χ4v) is 3.90. The first-order chi connectivity index (χ1) is 15.2. The quantitative estimate of drug-likeness (QED) is 0.517. The van der Waals surface area contributed by atoms with Crippen LogP contribution in [0.25, 0.3) is 11.5 Å². The van der Waals surface area contributed by atoms with Gasteiger partial charge in [-0.1, -0.05) is 30.3 Å². The van der Waals surface area contributed by atoms with E-state index in [0.29, 0.717) is 24.4 Å². The van der Waals surface area contributed by atoms with Crippen molar-refractivity contribution in [3.8, 4) is 23.0 Å². The largest absolute Gasteiger partial charge is 0.497 e. The van der Waals surface area contributed by atoms with Crippen molar-refractivity contribution in [2.75, 3.05) is 27.3 Å². The molecule has 164 valence electrons. The first-order valence-corrected chi connectivity index (χ1v) is 10.7. The van der Waals surface area contributed by atoms with Gasteiger partial charge in [0.25, 0.3) is 0 Å². The summed E-state index contributed by atoms with van der Waals surface area (Å²) in [5, 5.41) is 0. The molecule has 4 rings (SSSR count). The smallest absolute Gasteiger partial charge is 0.230 e. The number of piperidine rings is 1. The Morgan fingerprint density at radius 3 is 2.52 bits per heavy atom. The maximum absolute atomic E-state index is 6.11. The summed E-state index contributed by atoms with van der Waals surface area (Å²) in [5.41, 5.74) is 3.02. The monoisotopic (exact) mass is 422 g/mol. The topological polar surface area (TPSA) is 57.0 Å². The van der Waals surface area contributed by atoms with Crippen molar-refractivity contribution in [3.05, 3.63) is 65.5 Å². The zero-order valence-corrected chi connectivity index (χ0v) is 18.5. The standard InChI is InChI=1S/C25H30N2O4/c1-18-23(26-25(31-18)22-10-9-21(28-2)15-24(22)29-3)16-27-13-11-20(12-14-27)30-17-19-7-5-4-6-8-19/h4-10,15,20H,11-14,16-17H2,1-3H3. The summed E-state index contributed by atoms with van der Waals surface area (Å²) in [6, 6.07) is 16.0. The third-order valence-corrected chi connectivity index (χ3v) is 5.77. The van der Waals surface area contributed by atoms with E-state index >= 15 is 0 Å². The number of ether oxygens (including phenoxy) is 3. The number of aryl methyl sites for hydroxylation is 1. The van der Waals surface area contributed by atoms with Crippen molar-refractivity contribution in [2.24, 2.45) is 0 Å². The molecule has 1 saturated heterocycles. The molecular formula is C25H30N2O4. The fraction of sp³-hybridized carbons (Fsp3) is 0.400.